The molecular formula is C10H22ClN3. The highest BCUT2D eigenvalue weighted by atomic mass is 35.5. The van der Waals surface area contributed by atoms with Crippen LogP contribution in [0, 0.1) is 0 Å². The van der Waals surface area contributed by atoms with Crippen molar-refractivity contribution in [2.24, 2.45) is 0 Å². The number of hydrogen-bond acceptors (Lipinski definition) is 3. The van der Waals surface area contributed by atoms with Gasteiger partial charge in [0.2, 0.25) is 0 Å². The molecule has 2 aliphatic heterocycles. The van der Waals surface area contributed by atoms with Gasteiger partial charge in [-0.3, -0.25) is 4.90 Å². The summed E-state index contributed by atoms with van der Waals surface area (Å²) in [7, 11) is 0. The minimum atomic E-state index is 0. The lowest BCUT2D eigenvalue weighted by Gasteiger charge is -2.35. The van der Waals surface area contributed by atoms with Crippen LogP contribution in [0.15, 0.2) is 0 Å². The third-order valence-electron chi connectivity index (χ3n) is 3.26. The molecule has 0 bridgehead atoms. The van der Waals surface area contributed by atoms with E-state index in [-0.39, 0.29) is 12.4 Å². The number of nitrogens with zero attached hydrogens (tertiary/aromatic N) is 1. The van der Waals surface area contributed by atoms with E-state index in [9.17, 15) is 0 Å². The zero-order chi connectivity index (χ0) is 9.10. The number of nitrogens with one attached hydrogen (secondary N) is 2. The van der Waals surface area contributed by atoms with Gasteiger partial charge in [0, 0.05) is 38.3 Å². The van der Waals surface area contributed by atoms with Crippen LogP contribution in [-0.4, -0.2) is 49.7 Å². The Morgan fingerprint density at radius 1 is 1.36 bits per heavy atom. The number of rotatable bonds is 2. The quantitative estimate of drug-likeness (QED) is 0.707. The summed E-state index contributed by atoms with van der Waals surface area (Å²) in [6, 6.07) is 1.48. The molecule has 0 aromatic heterocycles. The molecule has 0 aromatic rings. The van der Waals surface area contributed by atoms with Crippen molar-refractivity contribution in [2.45, 2.75) is 31.8 Å². The van der Waals surface area contributed by atoms with Gasteiger partial charge in [0.25, 0.3) is 0 Å². The summed E-state index contributed by atoms with van der Waals surface area (Å²) in [5.41, 5.74) is 0. The van der Waals surface area contributed by atoms with E-state index in [0.717, 1.165) is 25.2 Å². The highest BCUT2D eigenvalue weighted by Gasteiger charge is 2.22. The average Bonchev–Trinajstić information content (AvgIpc) is 2.61. The molecule has 0 radical (unpaired) electrons. The molecule has 0 unspecified atom stereocenters. The van der Waals surface area contributed by atoms with Crippen molar-refractivity contribution in [2.75, 3.05) is 32.7 Å². The van der Waals surface area contributed by atoms with Crippen molar-refractivity contribution in [3.05, 3.63) is 0 Å². The monoisotopic (exact) mass is 219 g/mol. The van der Waals surface area contributed by atoms with Crippen LogP contribution in [0.2, 0.25) is 0 Å². The molecule has 2 rings (SSSR count). The van der Waals surface area contributed by atoms with Crippen LogP contribution in [0.5, 0.6) is 0 Å². The largest absolute Gasteiger partial charge is 0.314 e. The second kappa shape index (κ2) is 5.91. The van der Waals surface area contributed by atoms with E-state index in [4.69, 9.17) is 0 Å². The average molecular weight is 220 g/mol. The smallest absolute Gasteiger partial charge is 0.0195 e. The number of halogens is 1. The number of piperazine rings is 1. The summed E-state index contributed by atoms with van der Waals surface area (Å²) in [5, 5.41) is 6.99. The van der Waals surface area contributed by atoms with E-state index < -0.39 is 0 Å². The maximum Gasteiger partial charge on any atom is 0.0195 e. The minimum absolute atomic E-state index is 0. The first-order valence-electron chi connectivity index (χ1n) is 5.54. The Morgan fingerprint density at radius 2 is 2.21 bits per heavy atom. The fourth-order valence-electron chi connectivity index (χ4n) is 2.35. The maximum absolute atomic E-state index is 3.56. The van der Waals surface area contributed by atoms with Gasteiger partial charge in [-0.25, -0.2) is 0 Å². The van der Waals surface area contributed by atoms with Crippen LogP contribution < -0.4 is 10.6 Å². The van der Waals surface area contributed by atoms with Crippen LogP contribution in [0.3, 0.4) is 0 Å². The van der Waals surface area contributed by atoms with Crippen molar-refractivity contribution in [3.8, 4) is 0 Å². The molecule has 84 valence electrons. The molecular weight excluding hydrogens is 198 g/mol. The summed E-state index contributed by atoms with van der Waals surface area (Å²) in [4.78, 5) is 2.61. The molecule has 3 nitrogen and oxygen atoms in total. The maximum atomic E-state index is 3.56. The van der Waals surface area contributed by atoms with Crippen LogP contribution in [0.25, 0.3) is 0 Å². The van der Waals surface area contributed by atoms with Crippen LogP contribution in [-0.2, 0) is 0 Å². The van der Waals surface area contributed by atoms with Gasteiger partial charge >= 0.3 is 0 Å². The van der Waals surface area contributed by atoms with E-state index >= 15 is 0 Å². The molecule has 0 aliphatic carbocycles. The summed E-state index contributed by atoms with van der Waals surface area (Å²) in [6.07, 6.45) is 2.74. The van der Waals surface area contributed by atoms with Crippen molar-refractivity contribution in [3.63, 3.8) is 0 Å². The summed E-state index contributed by atoms with van der Waals surface area (Å²) < 4.78 is 0. The Morgan fingerprint density at radius 3 is 2.86 bits per heavy atom. The summed E-state index contributed by atoms with van der Waals surface area (Å²) in [5.74, 6) is 0. The van der Waals surface area contributed by atoms with E-state index in [2.05, 4.69) is 22.5 Å². The lowest BCUT2D eigenvalue weighted by molar-refractivity contribution is 0.160. The Hall–Kier alpha value is 0.170. The standard InChI is InChI=1S/C10H21N3.ClH/c1-9-7-11-5-6-13(9)8-10-3-2-4-12-10;/h9-12H,2-8H2,1H3;1H/t9-,10-;/m0./s1. The lowest BCUT2D eigenvalue weighted by atomic mass is 10.1. The van der Waals surface area contributed by atoms with Gasteiger partial charge in [-0.2, -0.15) is 0 Å². The third kappa shape index (κ3) is 3.09. The first-order chi connectivity index (χ1) is 6.36. The molecule has 14 heavy (non-hydrogen) atoms. The molecule has 2 fully saturated rings. The predicted molar refractivity (Wildman–Crippen MR) is 62.2 cm³/mol. The molecule has 4 heteroatoms. The van der Waals surface area contributed by atoms with Gasteiger partial charge in [0.05, 0.1) is 0 Å². The molecule has 2 saturated heterocycles. The fourth-order valence-corrected chi connectivity index (χ4v) is 2.35. The van der Waals surface area contributed by atoms with Gasteiger partial charge in [-0.15, -0.1) is 12.4 Å². The van der Waals surface area contributed by atoms with Crippen molar-refractivity contribution < 1.29 is 0 Å². The molecule has 0 aromatic carbocycles. The fraction of sp³-hybridized carbons (Fsp3) is 1.00. The highest BCUT2D eigenvalue weighted by Crippen LogP contribution is 2.10. The van der Waals surface area contributed by atoms with Crippen LogP contribution >= 0.6 is 12.4 Å². The van der Waals surface area contributed by atoms with E-state index in [1.165, 1.54) is 32.5 Å². The molecule has 0 saturated carbocycles. The Labute approximate surface area is 93.0 Å². The van der Waals surface area contributed by atoms with E-state index in [1.54, 1.807) is 0 Å². The minimum Gasteiger partial charge on any atom is -0.314 e. The second-order valence-electron chi connectivity index (χ2n) is 4.34. The van der Waals surface area contributed by atoms with E-state index in [0.29, 0.717) is 0 Å². The molecule has 0 amide bonds. The zero-order valence-corrected chi connectivity index (χ0v) is 9.78. The zero-order valence-electron chi connectivity index (χ0n) is 8.96. The SMILES string of the molecule is C[C@H]1CNCCN1C[C@@H]1CCCN1.Cl. The Bertz CT molecular complexity index is 159. The Kier molecular flexibility index (Phi) is 5.17. The third-order valence-corrected chi connectivity index (χ3v) is 3.26. The summed E-state index contributed by atoms with van der Waals surface area (Å²) >= 11 is 0. The Balaban J connectivity index is 0.000000980. The molecule has 2 aliphatic rings. The molecule has 2 N–H and O–H groups in total. The number of hydrogen-bond donors (Lipinski definition) is 2. The topological polar surface area (TPSA) is 27.3 Å². The lowest BCUT2D eigenvalue weighted by Crippen LogP contribution is -2.53. The predicted octanol–water partition coefficient (Wildman–Crippen LogP) is 0.454. The van der Waals surface area contributed by atoms with Crippen molar-refractivity contribution in [1.82, 2.24) is 15.5 Å². The normalized spacial score (nSPS) is 34.1. The van der Waals surface area contributed by atoms with Gasteiger partial charge in [0.1, 0.15) is 0 Å². The highest BCUT2D eigenvalue weighted by molar-refractivity contribution is 5.85. The first-order valence-corrected chi connectivity index (χ1v) is 5.54. The van der Waals surface area contributed by atoms with Crippen molar-refractivity contribution in [1.29, 1.82) is 0 Å². The van der Waals surface area contributed by atoms with Gasteiger partial charge in [-0.05, 0) is 26.3 Å². The van der Waals surface area contributed by atoms with Crippen LogP contribution in [0.1, 0.15) is 19.8 Å². The second-order valence-corrected chi connectivity index (χ2v) is 4.34. The van der Waals surface area contributed by atoms with Gasteiger partial charge in [0.15, 0.2) is 0 Å². The van der Waals surface area contributed by atoms with Crippen LogP contribution in [0.4, 0.5) is 0 Å². The molecule has 2 atom stereocenters. The van der Waals surface area contributed by atoms with Gasteiger partial charge in [-0.1, -0.05) is 0 Å². The van der Waals surface area contributed by atoms with Crippen molar-refractivity contribution >= 4 is 12.4 Å². The molecule has 2 heterocycles. The molecule has 0 spiro atoms. The summed E-state index contributed by atoms with van der Waals surface area (Å²) in [6.45, 7) is 8.35. The van der Waals surface area contributed by atoms with E-state index in [1.807, 2.05) is 0 Å². The first kappa shape index (κ1) is 12.2. The van der Waals surface area contributed by atoms with Gasteiger partial charge < -0.3 is 10.6 Å².